The number of ether oxygens (including phenoxy) is 5. The Morgan fingerprint density at radius 3 is 1.92 bits per heavy atom. The van der Waals surface area contributed by atoms with E-state index in [9.17, 15) is 70.2 Å². The molecular formula is C27H45N3O19. The first-order valence-corrected chi connectivity index (χ1v) is 15.2. The summed E-state index contributed by atoms with van der Waals surface area (Å²) >= 11 is 0. The second-order valence-corrected chi connectivity index (χ2v) is 12.0. The van der Waals surface area contributed by atoms with E-state index in [0.717, 1.165) is 20.8 Å². The standard InChI is InChI=1S/C27H45N3O19/c1-8(33)28-15-11(36)4-27(26(43)44,49-23(15)18(38)12(37)5-31)45-7-14-19(39)20(40)17(30-10(3)35)25(47-14)48-22-13(6-32)46-24(42)16(21(22)41)29-9(2)34/h11-25,31-32,36-42H,4-7H2,1-3H3,(H,28,33)(H,29,34)(H,30,35)(H,43,44)/t11-,12+,13+,14+,15+,16+,17+,18+,19-,20+,21+,22+,23+,24+,25-,27+/m0/s1. The number of hydrogen-bond acceptors (Lipinski definition) is 18. The molecule has 3 fully saturated rings. The number of carboxylic acids is 1. The number of aliphatic hydroxyl groups is 9. The molecule has 13 N–H and O–H groups in total. The molecule has 3 aliphatic heterocycles. The third kappa shape index (κ3) is 9.36. The summed E-state index contributed by atoms with van der Waals surface area (Å²) < 4.78 is 27.9. The van der Waals surface area contributed by atoms with Crippen molar-refractivity contribution in [1.29, 1.82) is 0 Å². The number of aliphatic hydroxyl groups excluding tert-OH is 9. The van der Waals surface area contributed by atoms with Crippen LogP contribution in [0.5, 0.6) is 0 Å². The molecule has 3 amide bonds. The van der Waals surface area contributed by atoms with Gasteiger partial charge in [-0.3, -0.25) is 14.4 Å². The zero-order valence-electron chi connectivity index (χ0n) is 26.6. The van der Waals surface area contributed by atoms with Gasteiger partial charge in [0.1, 0.15) is 67.0 Å². The summed E-state index contributed by atoms with van der Waals surface area (Å²) in [6.45, 7) is 0.350. The highest BCUT2D eigenvalue weighted by Gasteiger charge is 2.57. The highest BCUT2D eigenvalue weighted by Crippen LogP contribution is 2.35. The smallest absolute Gasteiger partial charge is 0.364 e. The number of hydrogen-bond donors (Lipinski definition) is 13. The first-order chi connectivity index (χ1) is 22.9. The molecule has 0 aliphatic carbocycles. The van der Waals surface area contributed by atoms with Crippen molar-refractivity contribution in [3.63, 3.8) is 0 Å². The molecule has 3 saturated heterocycles. The largest absolute Gasteiger partial charge is 0.477 e. The summed E-state index contributed by atoms with van der Waals surface area (Å²) in [6, 6.07) is -4.56. The molecule has 22 heteroatoms. The number of carboxylic acid groups (broad SMARTS) is 1. The first-order valence-electron chi connectivity index (χ1n) is 15.2. The number of rotatable bonds is 13. The maximum atomic E-state index is 12.5. The summed E-state index contributed by atoms with van der Waals surface area (Å²) in [6.07, 6.45) is -22.7. The zero-order chi connectivity index (χ0) is 37.0. The highest BCUT2D eigenvalue weighted by atomic mass is 16.7. The van der Waals surface area contributed by atoms with Gasteiger partial charge in [-0.15, -0.1) is 0 Å². The molecule has 3 heterocycles. The van der Waals surface area contributed by atoms with Crippen molar-refractivity contribution >= 4 is 23.7 Å². The van der Waals surface area contributed by atoms with Crippen molar-refractivity contribution in [2.24, 2.45) is 0 Å². The summed E-state index contributed by atoms with van der Waals surface area (Å²) in [4.78, 5) is 48.0. The average Bonchev–Trinajstić information content (AvgIpc) is 3.02. The minimum atomic E-state index is -2.86. The van der Waals surface area contributed by atoms with E-state index in [0.29, 0.717) is 0 Å². The van der Waals surface area contributed by atoms with Crippen LogP contribution in [0.2, 0.25) is 0 Å². The fourth-order valence-electron chi connectivity index (χ4n) is 5.86. The SMILES string of the molecule is CC(=O)N[C@@H]1[C@@H](O)[C@H](O[C@@H]2O[C@H](CO[C@]3(C(=O)O)C[C@H](O)[C@@H](NC(C)=O)[C@H]([C@H](O)[C@H](O)CO)O3)[C@H](O)[C@H](O)[C@H]2NC(C)=O)[C@@H](CO)O[C@H]1O. The minimum absolute atomic E-state index is 0.680. The zero-order valence-corrected chi connectivity index (χ0v) is 26.6. The van der Waals surface area contributed by atoms with Gasteiger partial charge in [0.15, 0.2) is 12.6 Å². The van der Waals surface area contributed by atoms with Crippen LogP contribution in [0.4, 0.5) is 0 Å². The van der Waals surface area contributed by atoms with Gasteiger partial charge in [-0.2, -0.15) is 0 Å². The van der Waals surface area contributed by atoms with Gasteiger partial charge >= 0.3 is 5.97 Å². The molecular weight excluding hydrogens is 670 g/mol. The van der Waals surface area contributed by atoms with Crippen LogP contribution in [-0.2, 0) is 42.9 Å². The number of carbonyl (C=O) groups is 4. The van der Waals surface area contributed by atoms with E-state index in [4.69, 9.17) is 23.7 Å². The van der Waals surface area contributed by atoms with Crippen LogP contribution in [-0.4, -0.2) is 192 Å². The molecule has 22 nitrogen and oxygen atoms in total. The first kappa shape index (κ1) is 40.7. The van der Waals surface area contributed by atoms with Crippen LogP contribution in [0.1, 0.15) is 27.2 Å². The Morgan fingerprint density at radius 1 is 0.816 bits per heavy atom. The van der Waals surface area contributed by atoms with Crippen molar-refractivity contribution in [3.05, 3.63) is 0 Å². The van der Waals surface area contributed by atoms with Crippen molar-refractivity contribution in [2.75, 3.05) is 19.8 Å². The van der Waals surface area contributed by atoms with Gasteiger partial charge in [0.2, 0.25) is 17.7 Å². The monoisotopic (exact) mass is 715 g/mol. The van der Waals surface area contributed by atoms with E-state index in [1.807, 2.05) is 0 Å². The highest BCUT2D eigenvalue weighted by molar-refractivity contribution is 5.76. The van der Waals surface area contributed by atoms with Crippen LogP contribution in [0.25, 0.3) is 0 Å². The quantitative estimate of drug-likeness (QED) is 0.0842. The average molecular weight is 716 g/mol. The molecule has 0 radical (unpaired) electrons. The Bertz CT molecular complexity index is 1170. The van der Waals surface area contributed by atoms with E-state index in [-0.39, 0.29) is 0 Å². The molecule has 3 aliphatic rings. The fraction of sp³-hybridized carbons (Fsp3) is 0.852. The Balaban J connectivity index is 1.91. The summed E-state index contributed by atoms with van der Waals surface area (Å²) in [5.74, 6) is -6.89. The molecule has 0 unspecified atom stereocenters. The second kappa shape index (κ2) is 17.0. The Morgan fingerprint density at radius 2 is 1.39 bits per heavy atom. The van der Waals surface area contributed by atoms with Gasteiger partial charge < -0.3 is 90.7 Å². The number of carbonyl (C=O) groups excluding carboxylic acids is 3. The van der Waals surface area contributed by atoms with Crippen molar-refractivity contribution in [3.8, 4) is 0 Å². The van der Waals surface area contributed by atoms with E-state index >= 15 is 0 Å². The number of aliphatic carboxylic acids is 1. The summed E-state index contributed by atoms with van der Waals surface area (Å²) in [5, 5.41) is 111. The predicted molar refractivity (Wildman–Crippen MR) is 153 cm³/mol. The van der Waals surface area contributed by atoms with Crippen LogP contribution >= 0.6 is 0 Å². The number of amides is 3. The van der Waals surface area contributed by atoms with Gasteiger partial charge in [0.05, 0.1) is 32.0 Å². The lowest BCUT2D eigenvalue weighted by atomic mass is 9.88. The van der Waals surface area contributed by atoms with E-state index in [2.05, 4.69) is 16.0 Å². The van der Waals surface area contributed by atoms with Crippen molar-refractivity contribution in [2.45, 2.75) is 125 Å². The van der Waals surface area contributed by atoms with Gasteiger partial charge in [-0.25, -0.2) is 4.79 Å². The lowest BCUT2D eigenvalue weighted by Gasteiger charge is -2.49. The van der Waals surface area contributed by atoms with Crippen LogP contribution in [0.15, 0.2) is 0 Å². The van der Waals surface area contributed by atoms with Gasteiger partial charge in [-0.05, 0) is 0 Å². The molecule has 0 aromatic rings. The van der Waals surface area contributed by atoms with Crippen LogP contribution in [0, 0.1) is 0 Å². The summed E-state index contributed by atoms with van der Waals surface area (Å²) in [7, 11) is 0. The molecule has 49 heavy (non-hydrogen) atoms. The molecule has 3 rings (SSSR count). The molecule has 0 aromatic heterocycles. The number of nitrogens with one attached hydrogen (secondary N) is 3. The van der Waals surface area contributed by atoms with Crippen molar-refractivity contribution in [1.82, 2.24) is 16.0 Å². The Labute approximate surface area is 278 Å². The lowest BCUT2D eigenvalue weighted by Crippen LogP contribution is -2.70. The van der Waals surface area contributed by atoms with E-state index in [1.54, 1.807) is 0 Å². The van der Waals surface area contributed by atoms with Crippen LogP contribution in [0.3, 0.4) is 0 Å². The van der Waals surface area contributed by atoms with Gasteiger partial charge in [-0.1, -0.05) is 0 Å². The van der Waals surface area contributed by atoms with Gasteiger partial charge in [0.25, 0.3) is 5.79 Å². The molecule has 282 valence electrons. The Hall–Kier alpha value is -2.68. The predicted octanol–water partition coefficient (Wildman–Crippen LogP) is -7.94. The Kier molecular flexibility index (Phi) is 14.2. The van der Waals surface area contributed by atoms with Crippen LogP contribution < -0.4 is 16.0 Å². The van der Waals surface area contributed by atoms with E-state index in [1.165, 1.54) is 0 Å². The minimum Gasteiger partial charge on any atom is -0.477 e. The van der Waals surface area contributed by atoms with E-state index < -0.39 is 147 Å². The molecule has 0 spiro atoms. The maximum absolute atomic E-state index is 12.5. The lowest BCUT2D eigenvalue weighted by molar-refractivity contribution is -0.345. The molecule has 0 aromatic carbocycles. The normalized spacial score (nSPS) is 40.9. The van der Waals surface area contributed by atoms with Gasteiger partial charge in [0, 0.05) is 27.2 Å². The second-order valence-electron chi connectivity index (χ2n) is 12.0. The third-order valence-electron chi connectivity index (χ3n) is 8.27. The summed E-state index contributed by atoms with van der Waals surface area (Å²) in [5.41, 5.74) is 0. The maximum Gasteiger partial charge on any atom is 0.364 e. The molecule has 0 saturated carbocycles. The topological polar surface area (TPSA) is 353 Å². The van der Waals surface area contributed by atoms with Crippen molar-refractivity contribution < 1.29 is 93.9 Å². The molecule has 0 bridgehead atoms. The fourth-order valence-corrected chi connectivity index (χ4v) is 5.86. The third-order valence-corrected chi connectivity index (χ3v) is 8.27. The molecule has 16 atom stereocenters.